The van der Waals surface area contributed by atoms with Gasteiger partial charge in [-0.05, 0) is 57.0 Å². The van der Waals surface area contributed by atoms with E-state index < -0.39 is 47.9 Å². The number of hydrogen-bond donors (Lipinski definition) is 7. The smallest absolute Gasteiger partial charge is 0.326 e. The zero-order chi connectivity index (χ0) is 26.3. The van der Waals surface area contributed by atoms with Crippen molar-refractivity contribution in [3.8, 4) is 0 Å². The van der Waals surface area contributed by atoms with Crippen LogP contribution >= 0.6 is 0 Å². The first-order valence-corrected chi connectivity index (χ1v) is 12.3. The summed E-state index contributed by atoms with van der Waals surface area (Å²) in [6.45, 7) is 8.03. The van der Waals surface area contributed by atoms with Crippen LogP contribution in [0.15, 0.2) is 0 Å². The molecule has 11 nitrogen and oxygen atoms in total. The van der Waals surface area contributed by atoms with E-state index in [-0.39, 0.29) is 11.8 Å². The Balaban J connectivity index is 5.39. The molecule has 0 aromatic rings. The number of carboxylic acid groups (broad SMARTS) is 1. The Morgan fingerprint density at radius 2 is 1.29 bits per heavy atom. The molecule has 0 heterocycles. The third-order valence-electron chi connectivity index (χ3n) is 5.91. The number of rotatable bonds is 18. The lowest BCUT2D eigenvalue weighted by atomic mass is 9.97. The minimum atomic E-state index is -1.13. The molecule has 198 valence electrons. The Kier molecular flexibility index (Phi) is 16.1. The lowest BCUT2D eigenvalue weighted by Crippen LogP contribution is -2.59. The summed E-state index contributed by atoms with van der Waals surface area (Å²) in [4.78, 5) is 50.1. The van der Waals surface area contributed by atoms with Crippen molar-refractivity contribution >= 4 is 23.7 Å². The largest absolute Gasteiger partial charge is 0.480 e. The van der Waals surface area contributed by atoms with Gasteiger partial charge in [-0.25, -0.2) is 4.79 Å². The first-order chi connectivity index (χ1) is 16.0. The number of nitrogens with one attached hydrogen (secondary N) is 3. The van der Waals surface area contributed by atoms with Gasteiger partial charge in [0.05, 0.1) is 6.04 Å². The molecule has 34 heavy (non-hydrogen) atoms. The molecule has 0 aromatic heterocycles. The van der Waals surface area contributed by atoms with E-state index in [9.17, 15) is 24.3 Å². The summed E-state index contributed by atoms with van der Waals surface area (Å²) in [6.07, 6.45) is 4.07. The fraction of sp³-hybridized carbons (Fsp3) is 0.826. The maximum atomic E-state index is 13.1. The topological polar surface area (TPSA) is 203 Å². The third kappa shape index (κ3) is 11.8. The molecular weight excluding hydrogens is 440 g/mol. The molecule has 0 fully saturated rings. The second kappa shape index (κ2) is 17.2. The van der Waals surface area contributed by atoms with Crippen LogP contribution in [-0.4, -0.2) is 66.1 Å². The van der Waals surface area contributed by atoms with E-state index in [1.807, 2.05) is 6.92 Å². The van der Waals surface area contributed by atoms with Gasteiger partial charge >= 0.3 is 5.97 Å². The molecule has 0 aliphatic heterocycles. The van der Waals surface area contributed by atoms with Crippen molar-refractivity contribution in [1.29, 1.82) is 0 Å². The summed E-state index contributed by atoms with van der Waals surface area (Å²) in [5.74, 6) is -3.28. The monoisotopic (exact) mass is 486 g/mol. The molecule has 0 aromatic carbocycles. The van der Waals surface area contributed by atoms with Gasteiger partial charge in [-0.3, -0.25) is 14.4 Å². The van der Waals surface area contributed by atoms with E-state index in [2.05, 4.69) is 16.0 Å². The predicted octanol–water partition coefficient (Wildman–Crippen LogP) is -0.187. The lowest BCUT2D eigenvalue weighted by Gasteiger charge is -2.28. The number of amides is 3. The highest BCUT2D eigenvalue weighted by molar-refractivity contribution is 5.94. The van der Waals surface area contributed by atoms with Crippen LogP contribution in [0, 0.1) is 11.8 Å². The molecule has 5 atom stereocenters. The minimum absolute atomic E-state index is 0.283. The summed E-state index contributed by atoms with van der Waals surface area (Å²) in [5.41, 5.74) is 17.0. The molecule has 0 aliphatic rings. The van der Waals surface area contributed by atoms with E-state index in [0.717, 1.165) is 6.42 Å². The molecule has 3 amide bonds. The molecule has 0 saturated carbocycles. The lowest BCUT2D eigenvalue weighted by molar-refractivity contribution is -0.144. The van der Waals surface area contributed by atoms with Crippen LogP contribution in [0.2, 0.25) is 0 Å². The Labute approximate surface area is 203 Å². The van der Waals surface area contributed by atoms with Gasteiger partial charge in [0.2, 0.25) is 17.7 Å². The van der Waals surface area contributed by atoms with E-state index in [4.69, 9.17) is 17.2 Å². The molecule has 5 unspecified atom stereocenters. The zero-order valence-electron chi connectivity index (χ0n) is 21.1. The van der Waals surface area contributed by atoms with Gasteiger partial charge in [0.15, 0.2) is 0 Å². The molecule has 0 radical (unpaired) electrons. The van der Waals surface area contributed by atoms with E-state index in [1.54, 1.807) is 20.8 Å². The number of carbonyl (C=O) groups is 4. The van der Waals surface area contributed by atoms with Crippen molar-refractivity contribution in [2.24, 2.45) is 29.0 Å². The summed E-state index contributed by atoms with van der Waals surface area (Å²) < 4.78 is 0. The zero-order valence-corrected chi connectivity index (χ0v) is 21.1. The van der Waals surface area contributed by atoms with Crippen LogP contribution in [0.25, 0.3) is 0 Å². The molecule has 0 aliphatic carbocycles. The summed E-state index contributed by atoms with van der Waals surface area (Å²) in [7, 11) is 0. The van der Waals surface area contributed by atoms with Gasteiger partial charge in [0.1, 0.15) is 18.1 Å². The number of aliphatic carboxylic acids is 1. The fourth-order valence-electron chi connectivity index (χ4n) is 3.40. The van der Waals surface area contributed by atoms with Crippen molar-refractivity contribution in [3.63, 3.8) is 0 Å². The second-order valence-corrected chi connectivity index (χ2v) is 9.18. The molecule has 11 heteroatoms. The first-order valence-electron chi connectivity index (χ1n) is 12.3. The van der Waals surface area contributed by atoms with Crippen LogP contribution in [0.4, 0.5) is 0 Å². The number of carbonyl (C=O) groups excluding carboxylic acids is 3. The Hall–Kier alpha value is -2.24. The Bertz CT molecular complexity index is 645. The highest BCUT2D eigenvalue weighted by Gasteiger charge is 2.33. The van der Waals surface area contributed by atoms with Crippen molar-refractivity contribution in [1.82, 2.24) is 16.0 Å². The normalized spacial score (nSPS) is 15.6. The Morgan fingerprint density at radius 1 is 0.765 bits per heavy atom. The van der Waals surface area contributed by atoms with Gasteiger partial charge in [-0.2, -0.15) is 0 Å². The summed E-state index contributed by atoms with van der Waals surface area (Å²) >= 11 is 0. The molecule has 0 rings (SSSR count). The standard InChI is InChI=1S/C23H46N6O5/c1-5-15(4)19(23(33)34)29-22(32)18(14(2)3)28-21(31)17(11-7-9-13-25)27-20(30)16(26)10-6-8-12-24/h14-19H,5-13,24-26H2,1-4H3,(H,27,30)(H,28,31)(H,29,32)(H,33,34). The summed E-state index contributed by atoms with van der Waals surface area (Å²) in [5, 5.41) is 17.4. The van der Waals surface area contributed by atoms with E-state index >= 15 is 0 Å². The number of hydrogen-bond acceptors (Lipinski definition) is 7. The molecule has 0 saturated heterocycles. The number of carboxylic acids is 1. The minimum Gasteiger partial charge on any atom is -0.480 e. The SMILES string of the molecule is CCC(C)C(NC(=O)C(NC(=O)C(CCCCN)NC(=O)C(N)CCCCN)C(C)C)C(=O)O. The third-order valence-corrected chi connectivity index (χ3v) is 5.91. The van der Waals surface area contributed by atoms with Gasteiger partial charge in [0, 0.05) is 0 Å². The van der Waals surface area contributed by atoms with Crippen LogP contribution in [-0.2, 0) is 19.2 Å². The van der Waals surface area contributed by atoms with Crippen LogP contribution in [0.3, 0.4) is 0 Å². The number of nitrogens with two attached hydrogens (primary N) is 3. The molecule has 0 bridgehead atoms. The maximum absolute atomic E-state index is 13.1. The van der Waals surface area contributed by atoms with Crippen molar-refractivity contribution < 1.29 is 24.3 Å². The van der Waals surface area contributed by atoms with Crippen LogP contribution in [0.1, 0.15) is 72.6 Å². The molecule has 0 spiro atoms. The highest BCUT2D eigenvalue weighted by atomic mass is 16.4. The van der Waals surface area contributed by atoms with Gasteiger partial charge in [-0.1, -0.05) is 40.5 Å². The molecular formula is C23H46N6O5. The van der Waals surface area contributed by atoms with E-state index in [1.165, 1.54) is 0 Å². The highest BCUT2D eigenvalue weighted by Crippen LogP contribution is 2.11. The average molecular weight is 487 g/mol. The second-order valence-electron chi connectivity index (χ2n) is 9.18. The molecule has 10 N–H and O–H groups in total. The van der Waals surface area contributed by atoms with Crippen molar-refractivity contribution in [2.75, 3.05) is 13.1 Å². The first kappa shape index (κ1) is 31.8. The van der Waals surface area contributed by atoms with Crippen LogP contribution < -0.4 is 33.2 Å². The van der Waals surface area contributed by atoms with Crippen molar-refractivity contribution in [2.45, 2.75) is 96.8 Å². The summed E-state index contributed by atoms with van der Waals surface area (Å²) in [6, 6.07) is -3.70. The van der Waals surface area contributed by atoms with Crippen LogP contribution in [0.5, 0.6) is 0 Å². The predicted molar refractivity (Wildman–Crippen MR) is 132 cm³/mol. The van der Waals surface area contributed by atoms with Gasteiger partial charge < -0.3 is 38.3 Å². The number of unbranched alkanes of at least 4 members (excludes halogenated alkanes) is 2. The van der Waals surface area contributed by atoms with Crippen molar-refractivity contribution in [3.05, 3.63) is 0 Å². The fourth-order valence-corrected chi connectivity index (χ4v) is 3.40. The quantitative estimate of drug-likeness (QED) is 0.129. The Morgan fingerprint density at radius 3 is 1.76 bits per heavy atom. The van der Waals surface area contributed by atoms with Gasteiger partial charge in [0.25, 0.3) is 0 Å². The maximum Gasteiger partial charge on any atom is 0.326 e. The average Bonchev–Trinajstić information content (AvgIpc) is 2.78. The van der Waals surface area contributed by atoms with E-state index in [0.29, 0.717) is 51.6 Å². The van der Waals surface area contributed by atoms with Gasteiger partial charge in [-0.15, -0.1) is 0 Å².